The molecule has 108 valence electrons. The van der Waals surface area contributed by atoms with Crippen molar-refractivity contribution < 1.29 is 19.0 Å². The Labute approximate surface area is 121 Å². The highest BCUT2D eigenvalue weighted by molar-refractivity contribution is 6.08. The van der Waals surface area contributed by atoms with Crippen molar-refractivity contribution in [3.05, 3.63) is 58.9 Å². The molecule has 2 aromatic rings. The fourth-order valence-corrected chi connectivity index (χ4v) is 2.68. The first kappa shape index (κ1) is 13.6. The van der Waals surface area contributed by atoms with Crippen LogP contribution < -0.4 is 10.1 Å². The number of nitrogens with one attached hydrogen (secondary N) is 1. The Kier molecular flexibility index (Phi) is 2.95. The molecule has 0 spiro atoms. The molecule has 21 heavy (non-hydrogen) atoms. The molecule has 1 heterocycles. The molecule has 0 saturated carbocycles. The zero-order valence-corrected chi connectivity index (χ0v) is 11.6. The minimum absolute atomic E-state index is 0.324. The molecule has 4 nitrogen and oxygen atoms in total. The van der Waals surface area contributed by atoms with Gasteiger partial charge in [-0.25, -0.2) is 4.39 Å². The van der Waals surface area contributed by atoms with Gasteiger partial charge in [0.2, 0.25) is 0 Å². The van der Waals surface area contributed by atoms with E-state index in [4.69, 9.17) is 4.74 Å². The number of amides is 1. The number of ether oxygens (including phenoxy) is 1. The van der Waals surface area contributed by atoms with Crippen molar-refractivity contribution in [3.8, 4) is 5.75 Å². The van der Waals surface area contributed by atoms with Gasteiger partial charge in [0.05, 0.1) is 12.8 Å². The second-order valence-electron chi connectivity index (χ2n) is 4.99. The number of hydrogen-bond acceptors (Lipinski definition) is 3. The maximum atomic E-state index is 13.1. The van der Waals surface area contributed by atoms with E-state index in [0.29, 0.717) is 22.6 Å². The van der Waals surface area contributed by atoms with Crippen LogP contribution in [0.4, 0.5) is 10.1 Å². The Morgan fingerprint density at radius 3 is 2.48 bits per heavy atom. The molecule has 0 bridgehead atoms. The average molecular weight is 287 g/mol. The minimum Gasteiger partial charge on any atom is -0.496 e. The highest BCUT2D eigenvalue weighted by Gasteiger charge is 2.47. The van der Waals surface area contributed by atoms with Gasteiger partial charge in [0.15, 0.2) is 5.60 Å². The first-order valence-corrected chi connectivity index (χ1v) is 6.46. The zero-order valence-electron chi connectivity index (χ0n) is 11.6. The lowest BCUT2D eigenvalue weighted by atomic mass is 9.87. The van der Waals surface area contributed by atoms with Gasteiger partial charge in [0, 0.05) is 11.1 Å². The maximum absolute atomic E-state index is 13.1. The van der Waals surface area contributed by atoms with Crippen molar-refractivity contribution in [2.45, 2.75) is 12.5 Å². The standard InChI is InChI=1S/C16H14FNO3/c1-9-13(21-2)8-7-12-14(9)18-15(19)16(12,20)10-3-5-11(17)6-4-10/h3-8,20H,1-2H3,(H,18,19). The van der Waals surface area contributed by atoms with E-state index in [0.717, 1.165) is 5.56 Å². The molecule has 0 radical (unpaired) electrons. The molecule has 1 amide bonds. The Morgan fingerprint density at radius 2 is 1.86 bits per heavy atom. The summed E-state index contributed by atoms with van der Waals surface area (Å²) in [6.45, 7) is 1.80. The molecule has 1 aliphatic rings. The van der Waals surface area contributed by atoms with Crippen LogP contribution in [0.1, 0.15) is 16.7 Å². The second kappa shape index (κ2) is 4.56. The lowest BCUT2D eigenvalue weighted by Crippen LogP contribution is -2.35. The summed E-state index contributed by atoms with van der Waals surface area (Å²) in [6, 6.07) is 8.59. The highest BCUT2D eigenvalue weighted by atomic mass is 19.1. The van der Waals surface area contributed by atoms with E-state index in [1.165, 1.54) is 31.4 Å². The molecule has 5 heteroatoms. The van der Waals surface area contributed by atoms with E-state index in [2.05, 4.69) is 5.32 Å². The van der Waals surface area contributed by atoms with Crippen LogP contribution in [0.25, 0.3) is 0 Å². The summed E-state index contributed by atoms with van der Waals surface area (Å²) in [5, 5.41) is 13.6. The number of halogens is 1. The summed E-state index contributed by atoms with van der Waals surface area (Å²) in [4.78, 5) is 12.3. The predicted octanol–water partition coefficient (Wildman–Crippen LogP) is 2.33. The van der Waals surface area contributed by atoms with Crippen LogP contribution in [0.5, 0.6) is 5.75 Å². The van der Waals surface area contributed by atoms with Crippen LogP contribution in [0.15, 0.2) is 36.4 Å². The van der Waals surface area contributed by atoms with Crippen molar-refractivity contribution in [1.29, 1.82) is 0 Å². The van der Waals surface area contributed by atoms with Gasteiger partial charge in [-0.3, -0.25) is 4.79 Å². The van der Waals surface area contributed by atoms with E-state index < -0.39 is 17.3 Å². The van der Waals surface area contributed by atoms with Crippen LogP contribution >= 0.6 is 0 Å². The summed E-state index contributed by atoms with van der Waals surface area (Å²) in [5.74, 6) is -0.357. The number of aliphatic hydroxyl groups is 1. The molecule has 1 aliphatic heterocycles. The van der Waals surface area contributed by atoms with Gasteiger partial charge in [-0.2, -0.15) is 0 Å². The van der Waals surface area contributed by atoms with Crippen molar-refractivity contribution in [3.63, 3.8) is 0 Å². The van der Waals surface area contributed by atoms with E-state index >= 15 is 0 Å². The topological polar surface area (TPSA) is 58.6 Å². The first-order valence-electron chi connectivity index (χ1n) is 6.46. The molecule has 2 N–H and O–H groups in total. The SMILES string of the molecule is COc1ccc2c(c1C)NC(=O)C2(O)c1ccc(F)cc1. The maximum Gasteiger partial charge on any atom is 0.265 e. The van der Waals surface area contributed by atoms with Crippen LogP contribution in [-0.2, 0) is 10.4 Å². The number of rotatable bonds is 2. The highest BCUT2D eigenvalue weighted by Crippen LogP contribution is 2.44. The fraction of sp³-hybridized carbons (Fsp3) is 0.188. The van der Waals surface area contributed by atoms with Gasteiger partial charge in [-0.15, -0.1) is 0 Å². The van der Waals surface area contributed by atoms with Gasteiger partial charge < -0.3 is 15.2 Å². The molecule has 2 aromatic carbocycles. The molecule has 0 fully saturated rings. The summed E-state index contributed by atoms with van der Waals surface area (Å²) < 4.78 is 18.3. The van der Waals surface area contributed by atoms with Crippen LogP contribution in [0.2, 0.25) is 0 Å². The van der Waals surface area contributed by atoms with Gasteiger partial charge in [0.1, 0.15) is 11.6 Å². The molecule has 1 unspecified atom stereocenters. The second-order valence-corrected chi connectivity index (χ2v) is 4.99. The van der Waals surface area contributed by atoms with Crippen LogP contribution in [0.3, 0.4) is 0 Å². The number of anilines is 1. The Morgan fingerprint density at radius 1 is 1.19 bits per heavy atom. The third-order valence-electron chi connectivity index (χ3n) is 3.85. The Hall–Kier alpha value is -2.40. The number of fused-ring (bicyclic) bond motifs is 1. The lowest BCUT2D eigenvalue weighted by Gasteiger charge is -2.21. The summed E-state index contributed by atoms with van der Waals surface area (Å²) in [6.07, 6.45) is 0. The number of hydrogen-bond donors (Lipinski definition) is 2. The van der Waals surface area contributed by atoms with E-state index in [1.807, 2.05) is 0 Å². The molecule has 3 rings (SSSR count). The third-order valence-corrected chi connectivity index (χ3v) is 3.85. The summed E-state index contributed by atoms with van der Waals surface area (Å²) in [5.41, 5.74) is 0.217. The smallest absolute Gasteiger partial charge is 0.265 e. The van der Waals surface area contributed by atoms with Gasteiger partial charge in [-0.1, -0.05) is 12.1 Å². The van der Waals surface area contributed by atoms with Crippen molar-refractivity contribution in [2.75, 3.05) is 12.4 Å². The fourth-order valence-electron chi connectivity index (χ4n) is 2.68. The average Bonchev–Trinajstić information content (AvgIpc) is 2.74. The van der Waals surface area contributed by atoms with Crippen molar-refractivity contribution >= 4 is 11.6 Å². The number of carbonyl (C=O) groups is 1. The Bertz CT molecular complexity index is 727. The summed E-state index contributed by atoms with van der Waals surface area (Å²) >= 11 is 0. The van der Waals surface area contributed by atoms with Gasteiger partial charge in [0.25, 0.3) is 5.91 Å². The van der Waals surface area contributed by atoms with E-state index in [1.54, 1.807) is 19.1 Å². The van der Waals surface area contributed by atoms with Gasteiger partial charge in [-0.05, 0) is 36.8 Å². The zero-order chi connectivity index (χ0) is 15.2. The largest absolute Gasteiger partial charge is 0.496 e. The monoisotopic (exact) mass is 287 g/mol. The summed E-state index contributed by atoms with van der Waals surface area (Å²) in [7, 11) is 1.54. The third kappa shape index (κ3) is 1.81. The van der Waals surface area contributed by atoms with Crippen molar-refractivity contribution in [1.82, 2.24) is 0 Å². The number of carbonyl (C=O) groups excluding carboxylic acids is 1. The molecule has 1 atom stereocenters. The molecular formula is C16H14FNO3. The van der Waals surface area contributed by atoms with Crippen molar-refractivity contribution in [2.24, 2.45) is 0 Å². The minimum atomic E-state index is -1.82. The number of methoxy groups -OCH3 is 1. The Balaban J connectivity index is 2.21. The molecule has 0 aliphatic carbocycles. The number of benzene rings is 2. The van der Waals surface area contributed by atoms with Crippen LogP contribution in [-0.4, -0.2) is 18.1 Å². The predicted molar refractivity (Wildman–Crippen MR) is 75.8 cm³/mol. The quantitative estimate of drug-likeness (QED) is 0.891. The van der Waals surface area contributed by atoms with E-state index in [-0.39, 0.29) is 0 Å². The van der Waals surface area contributed by atoms with E-state index in [9.17, 15) is 14.3 Å². The molecule has 0 saturated heterocycles. The van der Waals surface area contributed by atoms with Crippen LogP contribution in [0, 0.1) is 12.7 Å². The first-order chi connectivity index (χ1) is 9.98. The molecule has 0 aromatic heterocycles. The van der Waals surface area contributed by atoms with Gasteiger partial charge >= 0.3 is 0 Å². The lowest BCUT2D eigenvalue weighted by molar-refractivity contribution is -0.129. The normalized spacial score (nSPS) is 20.1. The molecular weight excluding hydrogens is 273 g/mol.